The number of aryl methyl sites for hydroxylation is 1. The van der Waals surface area contributed by atoms with Crippen LogP contribution in [0.15, 0.2) is 48.5 Å². The average Bonchev–Trinajstić information content (AvgIpc) is 2.51. The number of hydrogen-bond donors (Lipinski definition) is 1. The Morgan fingerprint density at radius 3 is 2.48 bits per heavy atom. The maximum atomic E-state index is 3.55. The number of rotatable bonds is 7. The molecular formula is C19H26N2. The molecule has 2 aromatic rings. The smallest absolute Gasteiger partial charge is 0.0363 e. The molecule has 112 valence electrons. The Morgan fingerprint density at radius 2 is 1.71 bits per heavy atom. The van der Waals surface area contributed by atoms with E-state index < -0.39 is 0 Å². The van der Waals surface area contributed by atoms with Crippen LogP contribution < -0.4 is 10.2 Å². The summed E-state index contributed by atoms with van der Waals surface area (Å²) in [5.74, 6) is 0. The molecule has 0 aliphatic rings. The van der Waals surface area contributed by atoms with Crippen LogP contribution in [0.5, 0.6) is 0 Å². The van der Waals surface area contributed by atoms with Crippen LogP contribution in [0.1, 0.15) is 23.1 Å². The Morgan fingerprint density at radius 1 is 0.952 bits per heavy atom. The molecule has 0 spiro atoms. The summed E-state index contributed by atoms with van der Waals surface area (Å²) >= 11 is 0. The topological polar surface area (TPSA) is 15.3 Å². The van der Waals surface area contributed by atoms with Gasteiger partial charge in [0, 0.05) is 25.8 Å². The van der Waals surface area contributed by atoms with Gasteiger partial charge in [0.1, 0.15) is 0 Å². The van der Waals surface area contributed by atoms with E-state index in [1.165, 1.54) is 22.4 Å². The van der Waals surface area contributed by atoms with Crippen molar-refractivity contribution in [2.45, 2.75) is 26.8 Å². The van der Waals surface area contributed by atoms with Crippen LogP contribution in [0.2, 0.25) is 0 Å². The molecule has 0 saturated carbocycles. The van der Waals surface area contributed by atoms with E-state index in [-0.39, 0.29) is 0 Å². The first-order chi connectivity index (χ1) is 10.2. The third-order valence-corrected chi connectivity index (χ3v) is 4.08. The summed E-state index contributed by atoms with van der Waals surface area (Å²) in [6.07, 6.45) is 1.15. The van der Waals surface area contributed by atoms with Gasteiger partial charge < -0.3 is 10.2 Å². The van der Waals surface area contributed by atoms with Crippen LogP contribution in [0.4, 0.5) is 5.69 Å². The lowest BCUT2D eigenvalue weighted by molar-refractivity contribution is 0.644. The molecule has 1 N–H and O–H groups in total. The van der Waals surface area contributed by atoms with Crippen LogP contribution in [-0.2, 0) is 6.54 Å². The van der Waals surface area contributed by atoms with E-state index >= 15 is 0 Å². The number of anilines is 1. The zero-order valence-corrected chi connectivity index (χ0v) is 13.4. The van der Waals surface area contributed by atoms with E-state index in [1.807, 2.05) is 0 Å². The molecule has 2 aromatic carbocycles. The molecule has 0 amide bonds. The summed E-state index contributed by atoms with van der Waals surface area (Å²) in [5.41, 5.74) is 5.47. The van der Waals surface area contributed by atoms with Gasteiger partial charge in [-0.25, -0.2) is 0 Å². The van der Waals surface area contributed by atoms with Crippen LogP contribution >= 0.6 is 0 Å². The zero-order valence-electron chi connectivity index (χ0n) is 13.4. The maximum absolute atomic E-state index is 3.55. The van der Waals surface area contributed by atoms with Crippen molar-refractivity contribution in [3.63, 3.8) is 0 Å². The monoisotopic (exact) mass is 282 g/mol. The van der Waals surface area contributed by atoms with Crippen molar-refractivity contribution in [3.8, 4) is 0 Å². The van der Waals surface area contributed by atoms with Crippen molar-refractivity contribution < 1.29 is 0 Å². The SMILES string of the molecule is Cc1cccc(CNCCCN(C)c2ccccc2)c1C. The summed E-state index contributed by atoms with van der Waals surface area (Å²) in [6, 6.07) is 17.1. The van der Waals surface area contributed by atoms with Crippen LogP contribution in [-0.4, -0.2) is 20.1 Å². The Kier molecular flexibility index (Phi) is 5.82. The lowest BCUT2D eigenvalue weighted by Crippen LogP contribution is -2.23. The standard InChI is InChI=1S/C19H26N2/c1-16-9-7-10-18(17(16)2)15-20-13-8-14-21(3)19-11-5-4-6-12-19/h4-7,9-12,20H,8,13-15H2,1-3H3. The molecule has 2 rings (SSSR count). The van der Waals surface area contributed by atoms with E-state index in [2.05, 4.69) is 79.6 Å². The van der Waals surface area contributed by atoms with Crippen molar-refractivity contribution >= 4 is 5.69 Å². The zero-order chi connectivity index (χ0) is 15.1. The van der Waals surface area contributed by atoms with Gasteiger partial charge in [-0.2, -0.15) is 0 Å². The van der Waals surface area contributed by atoms with Gasteiger partial charge in [0.25, 0.3) is 0 Å². The molecule has 0 bridgehead atoms. The largest absolute Gasteiger partial charge is 0.375 e. The summed E-state index contributed by atoms with van der Waals surface area (Å²) < 4.78 is 0. The van der Waals surface area contributed by atoms with Gasteiger partial charge in [0.15, 0.2) is 0 Å². The molecule has 0 radical (unpaired) electrons. The van der Waals surface area contributed by atoms with Crippen molar-refractivity contribution in [1.82, 2.24) is 5.32 Å². The van der Waals surface area contributed by atoms with Crippen molar-refractivity contribution in [1.29, 1.82) is 0 Å². The van der Waals surface area contributed by atoms with Gasteiger partial charge >= 0.3 is 0 Å². The van der Waals surface area contributed by atoms with Gasteiger partial charge in [-0.05, 0) is 55.6 Å². The molecule has 0 fully saturated rings. The first-order valence-corrected chi connectivity index (χ1v) is 7.70. The number of benzene rings is 2. The molecule has 0 aliphatic heterocycles. The fourth-order valence-electron chi connectivity index (χ4n) is 2.48. The molecular weight excluding hydrogens is 256 g/mol. The fraction of sp³-hybridized carbons (Fsp3) is 0.368. The minimum atomic E-state index is 0.961. The van der Waals surface area contributed by atoms with Gasteiger partial charge in [-0.15, -0.1) is 0 Å². The van der Waals surface area contributed by atoms with Gasteiger partial charge in [-0.1, -0.05) is 36.4 Å². The predicted octanol–water partition coefficient (Wildman–Crippen LogP) is 3.92. The predicted molar refractivity (Wildman–Crippen MR) is 92.0 cm³/mol. The van der Waals surface area contributed by atoms with Crippen molar-refractivity contribution in [2.24, 2.45) is 0 Å². The summed E-state index contributed by atoms with van der Waals surface area (Å²) in [5, 5.41) is 3.55. The number of hydrogen-bond acceptors (Lipinski definition) is 2. The van der Waals surface area contributed by atoms with E-state index in [9.17, 15) is 0 Å². The first kappa shape index (κ1) is 15.6. The van der Waals surface area contributed by atoms with E-state index in [1.54, 1.807) is 0 Å². The molecule has 0 aliphatic carbocycles. The van der Waals surface area contributed by atoms with Crippen LogP contribution in [0.25, 0.3) is 0 Å². The molecule has 2 heteroatoms. The molecule has 21 heavy (non-hydrogen) atoms. The minimum Gasteiger partial charge on any atom is -0.375 e. The van der Waals surface area contributed by atoms with Gasteiger partial charge in [0.2, 0.25) is 0 Å². The highest BCUT2D eigenvalue weighted by molar-refractivity contribution is 5.44. The molecule has 0 saturated heterocycles. The highest BCUT2D eigenvalue weighted by atomic mass is 15.1. The molecule has 0 aromatic heterocycles. The second-order valence-corrected chi connectivity index (χ2v) is 5.65. The Hall–Kier alpha value is -1.80. The Balaban J connectivity index is 1.70. The van der Waals surface area contributed by atoms with E-state index in [4.69, 9.17) is 0 Å². The first-order valence-electron chi connectivity index (χ1n) is 7.70. The summed E-state index contributed by atoms with van der Waals surface area (Å²) in [4.78, 5) is 2.31. The lowest BCUT2D eigenvalue weighted by Gasteiger charge is -2.19. The highest BCUT2D eigenvalue weighted by Gasteiger charge is 2.01. The Labute approximate surface area is 128 Å². The molecule has 0 unspecified atom stereocenters. The maximum Gasteiger partial charge on any atom is 0.0363 e. The van der Waals surface area contributed by atoms with Crippen molar-refractivity contribution in [2.75, 3.05) is 25.0 Å². The second-order valence-electron chi connectivity index (χ2n) is 5.65. The molecule has 2 nitrogen and oxygen atoms in total. The minimum absolute atomic E-state index is 0.961. The van der Waals surface area contributed by atoms with E-state index in [0.29, 0.717) is 0 Å². The number of para-hydroxylation sites is 1. The average molecular weight is 282 g/mol. The van der Waals surface area contributed by atoms with E-state index in [0.717, 1.165) is 26.1 Å². The van der Waals surface area contributed by atoms with Crippen molar-refractivity contribution in [3.05, 3.63) is 65.2 Å². The quantitative estimate of drug-likeness (QED) is 0.774. The highest BCUT2D eigenvalue weighted by Crippen LogP contribution is 2.12. The number of nitrogens with zero attached hydrogens (tertiary/aromatic N) is 1. The second kappa shape index (κ2) is 7.84. The third-order valence-electron chi connectivity index (χ3n) is 4.08. The third kappa shape index (κ3) is 4.61. The molecule has 0 atom stereocenters. The van der Waals surface area contributed by atoms with Crippen LogP contribution in [0, 0.1) is 13.8 Å². The lowest BCUT2D eigenvalue weighted by atomic mass is 10.0. The molecule has 0 heterocycles. The summed E-state index contributed by atoms with van der Waals surface area (Å²) in [7, 11) is 2.15. The number of nitrogens with one attached hydrogen (secondary N) is 1. The Bertz CT molecular complexity index is 549. The van der Waals surface area contributed by atoms with Gasteiger partial charge in [0.05, 0.1) is 0 Å². The normalized spacial score (nSPS) is 10.6. The summed E-state index contributed by atoms with van der Waals surface area (Å²) in [6.45, 7) is 7.46. The fourth-order valence-corrected chi connectivity index (χ4v) is 2.48. The van der Waals surface area contributed by atoms with Gasteiger partial charge in [-0.3, -0.25) is 0 Å². The van der Waals surface area contributed by atoms with Crippen LogP contribution in [0.3, 0.4) is 0 Å².